The van der Waals surface area contributed by atoms with E-state index >= 15 is 0 Å². The molecule has 1 aromatic carbocycles. The van der Waals surface area contributed by atoms with Crippen LogP contribution in [0.25, 0.3) is 0 Å². The van der Waals surface area contributed by atoms with E-state index in [4.69, 9.17) is 10.5 Å². The zero-order chi connectivity index (χ0) is 15.6. The Kier molecular flexibility index (Phi) is 4.45. The van der Waals surface area contributed by atoms with Gasteiger partial charge in [0.25, 0.3) is 0 Å². The van der Waals surface area contributed by atoms with Gasteiger partial charge in [0.2, 0.25) is 0 Å². The number of rotatable bonds is 3. The van der Waals surface area contributed by atoms with Gasteiger partial charge >= 0.3 is 5.97 Å². The lowest BCUT2D eigenvalue weighted by Crippen LogP contribution is -2.35. The molecule has 4 nitrogen and oxygen atoms in total. The monoisotopic (exact) mass is 290 g/mol. The lowest BCUT2D eigenvalue weighted by atomic mass is 9.70. The molecule has 0 bridgehead atoms. The van der Waals surface area contributed by atoms with Crippen LogP contribution in [0.5, 0.6) is 0 Å². The van der Waals surface area contributed by atoms with Gasteiger partial charge in [0, 0.05) is 6.04 Å². The summed E-state index contributed by atoms with van der Waals surface area (Å²) in [5.41, 5.74) is 8.39. The quantitative estimate of drug-likeness (QED) is 0.658. The molecule has 0 saturated heterocycles. The maximum absolute atomic E-state index is 11.6. The number of ether oxygens (including phenoxy) is 1. The Bertz CT molecular complexity index is 526. The third-order valence-electron chi connectivity index (χ3n) is 4.22. The van der Waals surface area contributed by atoms with Crippen LogP contribution in [0.15, 0.2) is 18.2 Å². The zero-order valence-electron chi connectivity index (χ0n) is 13.4. The molecular weight excluding hydrogens is 264 g/mol. The molecule has 1 saturated carbocycles. The lowest BCUT2D eigenvalue weighted by molar-refractivity contribution is 0.0601. The molecule has 2 rings (SSSR count). The predicted octanol–water partition coefficient (Wildman–Crippen LogP) is 3.68. The van der Waals surface area contributed by atoms with Crippen molar-refractivity contribution >= 4 is 17.3 Å². The van der Waals surface area contributed by atoms with Crippen molar-refractivity contribution in [3.63, 3.8) is 0 Å². The summed E-state index contributed by atoms with van der Waals surface area (Å²) in [6, 6.07) is 5.62. The Morgan fingerprint density at radius 3 is 2.71 bits per heavy atom. The van der Waals surface area contributed by atoms with E-state index in [2.05, 4.69) is 26.1 Å². The summed E-state index contributed by atoms with van der Waals surface area (Å²) in [4.78, 5) is 11.6. The topological polar surface area (TPSA) is 64.3 Å². The van der Waals surface area contributed by atoms with Crippen molar-refractivity contribution < 1.29 is 9.53 Å². The van der Waals surface area contributed by atoms with E-state index in [1.807, 2.05) is 0 Å². The fourth-order valence-corrected chi connectivity index (χ4v) is 3.60. The molecule has 1 aliphatic rings. The van der Waals surface area contributed by atoms with Crippen molar-refractivity contribution in [3.8, 4) is 0 Å². The zero-order valence-corrected chi connectivity index (χ0v) is 13.4. The van der Waals surface area contributed by atoms with E-state index in [9.17, 15) is 4.79 Å². The number of hydrogen-bond acceptors (Lipinski definition) is 4. The third-order valence-corrected chi connectivity index (χ3v) is 4.22. The number of nitrogens with one attached hydrogen (secondary N) is 1. The molecule has 0 aliphatic heterocycles. The Labute approximate surface area is 127 Å². The van der Waals surface area contributed by atoms with E-state index in [1.54, 1.807) is 18.2 Å². The fourth-order valence-electron chi connectivity index (χ4n) is 3.60. The average Bonchev–Trinajstić information content (AvgIpc) is 2.38. The smallest absolute Gasteiger partial charge is 0.337 e. The van der Waals surface area contributed by atoms with Crippen LogP contribution in [0.3, 0.4) is 0 Å². The molecule has 4 heteroatoms. The highest BCUT2D eigenvalue weighted by Gasteiger charge is 2.32. The SMILES string of the molecule is COC(=O)c1ccc(N)c(N[C@H]2C[C@H](C)CC(C)(C)C2)c1. The number of carbonyl (C=O) groups excluding carboxylic acids is 1. The molecule has 0 radical (unpaired) electrons. The van der Waals surface area contributed by atoms with Crippen LogP contribution < -0.4 is 11.1 Å². The fraction of sp³-hybridized carbons (Fsp3) is 0.588. The molecule has 2 atom stereocenters. The summed E-state index contributed by atoms with van der Waals surface area (Å²) in [7, 11) is 1.39. The molecule has 0 unspecified atom stereocenters. The number of anilines is 2. The van der Waals surface area contributed by atoms with Gasteiger partial charge in [0.05, 0.1) is 24.0 Å². The van der Waals surface area contributed by atoms with E-state index < -0.39 is 0 Å². The minimum absolute atomic E-state index is 0.337. The number of carbonyl (C=O) groups is 1. The Morgan fingerprint density at radius 2 is 2.10 bits per heavy atom. The van der Waals surface area contributed by atoms with E-state index in [0.29, 0.717) is 28.6 Å². The van der Waals surface area contributed by atoms with Crippen LogP contribution in [0.2, 0.25) is 0 Å². The summed E-state index contributed by atoms with van der Waals surface area (Å²) in [5.74, 6) is 0.353. The van der Waals surface area contributed by atoms with Gasteiger partial charge in [-0.3, -0.25) is 0 Å². The molecule has 116 valence electrons. The molecule has 0 amide bonds. The van der Waals surface area contributed by atoms with E-state index in [1.165, 1.54) is 13.5 Å². The van der Waals surface area contributed by atoms with Gasteiger partial charge < -0.3 is 15.8 Å². The van der Waals surface area contributed by atoms with Crippen LogP contribution in [-0.4, -0.2) is 19.1 Å². The maximum Gasteiger partial charge on any atom is 0.337 e. The van der Waals surface area contributed by atoms with Crippen LogP contribution in [0, 0.1) is 11.3 Å². The maximum atomic E-state index is 11.6. The molecule has 1 aromatic rings. The Hall–Kier alpha value is -1.71. The first-order valence-electron chi connectivity index (χ1n) is 7.55. The lowest BCUT2D eigenvalue weighted by Gasteiger charge is -2.39. The summed E-state index contributed by atoms with van der Waals surface area (Å²) < 4.78 is 4.76. The first kappa shape index (κ1) is 15.7. The van der Waals surface area contributed by atoms with Gasteiger partial charge in [-0.15, -0.1) is 0 Å². The third kappa shape index (κ3) is 3.90. The van der Waals surface area contributed by atoms with Gasteiger partial charge in [-0.25, -0.2) is 4.79 Å². The second kappa shape index (κ2) is 5.96. The van der Waals surface area contributed by atoms with Crippen molar-refractivity contribution in [2.75, 3.05) is 18.2 Å². The molecule has 21 heavy (non-hydrogen) atoms. The molecule has 1 fully saturated rings. The summed E-state index contributed by atoms with van der Waals surface area (Å²) >= 11 is 0. The highest BCUT2D eigenvalue weighted by Crippen LogP contribution is 2.40. The molecule has 3 N–H and O–H groups in total. The summed E-state index contributed by atoms with van der Waals surface area (Å²) in [6.45, 7) is 6.92. The second-order valence-corrected chi connectivity index (χ2v) is 7.05. The minimum Gasteiger partial charge on any atom is -0.465 e. The molecular formula is C17H26N2O2. The van der Waals surface area contributed by atoms with Gasteiger partial charge in [0.15, 0.2) is 0 Å². The number of nitrogen functional groups attached to an aromatic ring is 1. The second-order valence-electron chi connectivity index (χ2n) is 7.05. The van der Waals surface area contributed by atoms with Crippen LogP contribution in [-0.2, 0) is 4.74 Å². The average molecular weight is 290 g/mol. The van der Waals surface area contributed by atoms with E-state index in [-0.39, 0.29) is 5.97 Å². The number of benzene rings is 1. The first-order valence-corrected chi connectivity index (χ1v) is 7.55. The standard InChI is InChI=1S/C17H26N2O2/c1-11-7-13(10-17(2,3)9-11)19-15-8-12(16(20)21-4)5-6-14(15)18/h5-6,8,11,13,19H,7,9-10,18H2,1-4H3/t11-,13-/m0/s1. The highest BCUT2D eigenvalue weighted by atomic mass is 16.5. The molecule has 0 aromatic heterocycles. The normalized spacial score (nSPS) is 24.4. The summed E-state index contributed by atoms with van der Waals surface area (Å²) in [5, 5.41) is 3.52. The van der Waals surface area contributed by atoms with E-state index in [0.717, 1.165) is 18.5 Å². The van der Waals surface area contributed by atoms with Gasteiger partial charge in [-0.1, -0.05) is 20.8 Å². The molecule has 0 spiro atoms. The van der Waals surface area contributed by atoms with Gasteiger partial charge in [-0.2, -0.15) is 0 Å². The summed E-state index contributed by atoms with van der Waals surface area (Å²) in [6.07, 6.45) is 3.49. The van der Waals surface area contributed by atoms with Crippen molar-refractivity contribution in [2.45, 2.75) is 46.1 Å². The first-order chi connectivity index (χ1) is 9.80. The van der Waals surface area contributed by atoms with Crippen LogP contribution >= 0.6 is 0 Å². The van der Waals surface area contributed by atoms with Crippen molar-refractivity contribution in [2.24, 2.45) is 11.3 Å². The molecule has 0 heterocycles. The number of hydrogen-bond donors (Lipinski definition) is 2. The highest BCUT2D eigenvalue weighted by molar-refractivity contribution is 5.92. The van der Waals surface area contributed by atoms with Crippen molar-refractivity contribution in [3.05, 3.63) is 23.8 Å². The number of nitrogens with two attached hydrogens (primary N) is 1. The molecule has 1 aliphatic carbocycles. The number of methoxy groups -OCH3 is 1. The van der Waals surface area contributed by atoms with Gasteiger partial charge in [0.1, 0.15) is 0 Å². The van der Waals surface area contributed by atoms with Crippen molar-refractivity contribution in [1.29, 1.82) is 0 Å². The predicted molar refractivity (Wildman–Crippen MR) is 86.4 cm³/mol. The van der Waals surface area contributed by atoms with Gasteiger partial charge in [-0.05, 0) is 48.8 Å². The Balaban J connectivity index is 2.17. The Morgan fingerprint density at radius 1 is 1.38 bits per heavy atom. The minimum atomic E-state index is -0.338. The van der Waals surface area contributed by atoms with Crippen LogP contribution in [0.4, 0.5) is 11.4 Å². The van der Waals surface area contributed by atoms with Crippen molar-refractivity contribution in [1.82, 2.24) is 0 Å². The number of esters is 1. The largest absolute Gasteiger partial charge is 0.465 e. The van der Waals surface area contributed by atoms with Crippen LogP contribution in [0.1, 0.15) is 50.4 Å².